The molecule has 8 heteroatoms. The van der Waals surface area contributed by atoms with Crippen LogP contribution in [0.2, 0.25) is 0 Å². The molecule has 0 aromatic heterocycles. The second-order valence-electron chi connectivity index (χ2n) is 7.16. The lowest BCUT2D eigenvalue weighted by Gasteiger charge is -2.30. The Morgan fingerprint density at radius 2 is 2.00 bits per heavy atom. The molecule has 3 rings (SSSR count). The monoisotopic (exact) mass is 419 g/mol. The maximum Gasteiger partial charge on any atom is 0.303 e. The van der Waals surface area contributed by atoms with Gasteiger partial charge in [0, 0.05) is 12.0 Å². The summed E-state index contributed by atoms with van der Waals surface area (Å²) in [6.45, 7) is 0. The number of unbranched alkanes of at least 4 members (excludes halogenated alkanes) is 2. The number of ether oxygens (including phenoxy) is 2. The van der Waals surface area contributed by atoms with Crippen LogP contribution in [0.15, 0.2) is 36.4 Å². The van der Waals surface area contributed by atoms with Crippen molar-refractivity contribution in [3.8, 4) is 22.6 Å². The van der Waals surface area contributed by atoms with Gasteiger partial charge in [0.15, 0.2) is 0 Å². The van der Waals surface area contributed by atoms with Crippen molar-refractivity contribution in [2.75, 3.05) is 7.11 Å². The predicted octanol–water partition coefficient (Wildman–Crippen LogP) is 3.62. The van der Waals surface area contributed by atoms with E-state index in [2.05, 4.69) is 0 Å². The van der Waals surface area contributed by atoms with Crippen molar-refractivity contribution in [3.05, 3.63) is 47.5 Å². The normalized spacial score (nSPS) is 15.2. The number of methoxy groups -OCH3 is 1. The number of aliphatic carboxylic acids is 1. The fourth-order valence-corrected chi connectivity index (χ4v) is 4.33. The zero-order chi connectivity index (χ0) is 21.0. The van der Waals surface area contributed by atoms with Crippen molar-refractivity contribution >= 4 is 16.0 Å². The highest BCUT2D eigenvalue weighted by atomic mass is 32.2. The summed E-state index contributed by atoms with van der Waals surface area (Å²) in [4.78, 5) is 10.7. The predicted molar refractivity (Wildman–Crippen MR) is 109 cm³/mol. The standard InChI is InChI=1S/C21H25NO6S/c1-27-18-7-5-8-19-21(18)15-11-10-14(13-29(22,25)26)12-16(15)17(28-19)6-3-2-4-9-20(23)24/h5,7-8,10-12,17H,2-4,6,9,13H2,1H3,(H,23,24)(H2,22,25,26). The third kappa shape index (κ3) is 5.27. The molecule has 1 atom stereocenters. The van der Waals surface area contributed by atoms with Crippen molar-refractivity contribution in [3.63, 3.8) is 0 Å². The molecule has 0 spiro atoms. The number of hydrogen-bond acceptors (Lipinski definition) is 5. The Morgan fingerprint density at radius 3 is 2.69 bits per heavy atom. The minimum atomic E-state index is -3.65. The van der Waals surface area contributed by atoms with Gasteiger partial charge in [-0.1, -0.05) is 30.7 Å². The van der Waals surface area contributed by atoms with Crippen molar-refractivity contribution in [1.29, 1.82) is 0 Å². The van der Waals surface area contributed by atoms with E-state index in [4.69, 9.17) is 19.7 Å². The van der Waals surface area contributed by atoms with Crippen LogP contribution in [0, 0.1) is 0 Å². The Hall–Kier alpha value is -2.58. The molecule has 0 fully saturated rings. The highest BCUT2D eigenvalue weighted by Crippen LogP contribution is 2.48. The topological polar surface area (TPSA) is 116 Å². The number of fused-ring (bicyclic) bond motifs is 3. The third-order valence-corrected chi connectivity index (χ3v) is 5.67. The number of carboxylic acids is 1. The van der Waals surface area contributed by atoms with Crippen molar-refractivity contribution in [1.82, 2.24) is 0 Å². The second kappa shape index (κ2) is 8.84. The Bertz CT molecular complexity index is 1000. The summed E-state index contributed by atoms with van der Waals surface area (Å²) in [5.74, 6) is 0.358. The summed E-state index contributed by atoms with van der Waals surface area (Å²) in [6, 6.07) is 11.1. The molecule has 1 aliphatic rings. The first-order chi connectivity index (χ1) is 13.8. The number of primary sulfonamides is 1. The number of sulfonamides is 1. The highest BCUT2D eigenvalue weighted by Gasteiger charge is 2.28. The SMILES string of the molecule is COc1cccc2c1-c1ccc(CS(N)(=O)=O)cc1C(CCCCCC(=O)O)O2. The van der Waals surface area contributed by atoms with Crippen molar-refractivity contribution in [2.24, 2.45) is 5.14 Å². The van der Waals surface area contributed by atoms with Crippen LogP contribution in [0.4, 0.5) is 0 Å². The molecule has 156 valence electrons. The largest absolute Gasteiger partial charge is 0.496 e. The van der Waals surface area contributed by atoms with E-state index in [0.717, 1.165) is 29.5 Å². The Balaban J connectivity index is 1.91. The van der Waals surface area contributed by atoms with Gasteiger partial charge in [-0.2, -0.15) is 0 Å². The fraction of sp³-hybridized carbons (Fsp3) is 0.381. The molecule has 7 nitrogen and oxygen atoms in total. The summed E-state index contributed by atoms with van der Waals surface area (Å²) in [5.41, 5.74) is 3.28. The summed E-state index contributed by atoms with van der Waals surface area (Å²) in [5, 5.41) is 14.0. The first-order valence-electron chi connectivity index (χ1n) is 9.47. The van der Waals surface area contributed by atoms with Crippen LogP contribution in [0.3, 0.4) is 0 Å². The molecule has 0 aliphatic carbocycles. The molecule has 1 aliphatic heterocycles. The molecule has 0 saturated heterocycles. The van der Waals surface area contributed by atoms with Gasteiger partial charge in [0.2, 0.25) is 10.0 Å². The van der Waals surface area contributed by atoms with E-state index in [9.17, 15) is 13.2 Å². The minimum Gasteiger partial charge on any atom is -0.496 e. The number of nitrogens with two attached hydrogens (primary N) is 1. The van der Waals surface area contributed by atoms with Crippen LogP contribution >= 0.6 is 0 Å². The number of hydrogen-bond donors (Lipinski definition) is 2. The Kier molecular flexibility index (Phi) is 6.44. The third-order valence-electron chi connectivity index (χ3n) is 4.93. The van der Waals surface area contributed by atoms with E-state index >= 15 is 0 Å². The van der Waals surface area contributed by atoms with Crippen LogP contribution in [0.5, 0.6) is 11.5 Å². The molecule has 3 N–H and O–H groups in total. The quantitative estimate of drug-likeness (QED) is 0.600. The number of carboxylic acid groups (broad SMARTS) is 1. The fourth-order valence-electron chi connectivity index (χ4n) is 3.69. The van der Waals surface area contributed by atoms with Gasteiger partial charge < -0.3 is 14.6 Å². The maximum absolute atomic E-state index is 11.5. The van der Waals surface area contributed by atoms with Gasteiger partial charge >= 0.3 is 5.97 Å². The molecule has 1 unspecified atom stereocenters. The van der Waals surface area contributed by atoms with Crippen LogP contribution in [-0.2, 0) is 20.6 Å². The molecule has 2 aromatic rings. The summed E-state index contributed by atoms with van der Waals surface area (Å²) in [7, 11) is -2.05. The molecule has 0 bridgehead atoms. The molecular formula is C21H25NO6S. The minimum absolute atomic E-state index is 0.153. The van der Waals surface area contributed by atoms with E-state index in [1.807, 2.05) is 30.3 Å². The van der Waals surface area contributed by atoms with E-state index < -0.39 is 16.0 Å². The average Bonchev–Trinajstić information content (AvgIpc) is 2.65. The highest BCUT2D eigenvalue weighted by molar-refractivity contribution is 7.88. The molecule has 0 radical (unpaired) electrons. The summed E-state index contributed by atoms with van der Waals surface area (Å²) in [6.07, 6.45) is 2.79. The molecule has 0 amide bonds. The van der Waals surface area contributed by atoms with Crippen molar-refractivity contribution in [2.45, 2.75) is 44.0 Å². The van der Waals surface area contributed by atoms with Gasteiger partial charge in [0.25, 0.3) is 0 Å². The van der Waals surface area contributed by atoms with E-state index in [1.165, 1.54) is 0 Å². The molecular weight excluding hydrogens is 394 g/mol. The number of carbonyl (C=O) groups is 1. The van der Waals surface area contributed by atoms with Gasteiger partial charge in [-0.3, -0.25) is 4.79 Å². The Morgan fingerprint density at radius 1 is 1.21 bits per heavy atom. The first kappa shape index (κ1) is 21.1. The van der Waals surface area contributed by atoms with Gasteiger partial charge in [-0.25, -0.2) is 13.6 Å². The lowest BCUT2D eigenvalue weighted by molar-refractivity contribution is -0.137. The lowest BCUT2D eigenvalue weighted by atomic mass is 9.89. The molecule has 29 heavy (non-hydrogen) atoms. The van der Waals surface area contributed by atoms with Gasteiger partial charge in [0.1, 0.15) is 17.6 Å². The molecule has 0 saturated carbocycles. The molecule has 2 aromatic carbocycles. The number of benzene rings is 2. The van der Waals surface area contributed by atoms with Gasteiger partial charge in [-0.05, 0) is 42.5 Å². The summed E-state index contributed by atoms with van der Waals surface area (Å²) >= 11 is 0. The smallest absolute Gasteiger partial charge is 0.303 e. The van der Waals surface area contributed by atoms with Gasteiger partial charge in [-0.15, -0.1) is 0 Å². The van der Waals surface area contributed by atoms with E-state index in [0.29, 0.717) is 29.9 Å². The zero-order valence-electron chi connectivity index (χ0n) is 16.3. The number of rotatable bonds is 9. The molecule has 1 heterocycles. The Labute approximate surface area is 170 Å². The van der Waals surface area contributed by atoms with Crippen LogP contribution in [0.25, 0.3) is 11.1 Å². The van der Waals surface area contributed by atoms with E-state index in [-0.39, 0.29) is 18.3 Å². The van der Waals surface area contributed by atoms with Crippen LogP contribution in [-0.4, -0.2) is 26.6 Å². The van der Waals surface area contributed by atoms with Crippen LogP contribution in [0.1, 0.15) is 49.3 Å². The van der Waals surface area contributed by atoms with Gasteiger partial charge in [0.05, 0.1) is 18.4 Å². The maximum atomic E-state index is 11.5. The summed E-state index contributed by atoms with van der Waals surface area (Å²) < 4.78 is 34.8. The second-order valence-corrected chi connectivity index (χ2v) is 8.78. The van der Waals surface area contributed by atoms with E-state index in [1.54, 1.807) is 13.2 Å². The van der Waals surface area contributed by atoms with Crippen molar-refractivity contribution < 1.29 is 27.8 Å². The zero-order valence-corrected chi connectivity index (χ0v) is 17.1. The average molecular weight is 419 g/mol. The first-order valence-corrected chi connectivity index (χ1v) is 11.2. The van der Waals surface area contributed by atoms with Crippen LogP contribution < -0.4 is 14.6 Å². The lowest BCUT2D eigenvalue weighted by Crippen LogP contribution is -2.17.